The van der Waals surface area contributed by atoms with Crippen LogP contribution in [0, 0.1) is 0 Å². The molecule has 0 fully saturated rings. The van der Waals surface area contributed by atoms with Crippen LogP contribution in [0.3, 0.4) is 0 Å². The molecule has 0 bridgehead atoms. The topological polar surface area (TPSA) is 79.4 Å². The number of halogens is 1. The van der Waals surface area contributed by atoms with Gasteiger partial charge in [-0.15, -0.1) is 16.8 Å². The molecule has 0 amide bonds. The molecule has 0 aliphatic carbocycles. The lowest BCUT2D eigenvalue weighted by atomic mass is 10.1. The van der Waals surface area contributed by atoms with Crippen LogP contribution >= 0.6 is 11.6 Å². The number of rotatable bonds is 4. The summed E-state index contributed by atoms with van der Waals surface area (Å²) >= 11 is 6.28. The summed E-state index contributed by atoms with van der Waals surface area (Å²) < 4.78 is 15.1. The molecular weight excluding hydrogens is 380 g/mol. The summed E-state index contributed by atoms with van der Waals surface area (Å²) in [5.74, 6) is 1.98. The van der Waals surface area contributed by atoms with E-state index in [0.717, 1.165) is 28.6 Å². The highest BCUT2D eigenvalue weighted by Gasteiger charge is 2.29. The van der Waals surface area contributed by atoms with Crippen molar-refractivity contribution in [2.75, 3.05) is 13.7 Å². The van der Waals surface area contributed by atoms with E-state index < -0.39 is 0 Å². The smallest absolute Gasteiger partial charge is 0.238 e. The maximum atomic E-state index is 6.28. The zero-order valence-electron chi connectivity index (χ0n) is 15.2. The summed E-state index contributed by atoms with van der Waals surface area (Å²) in [7, 11) is 1.63. The van der Waals surface area contributed by atoms with Gasteiger partial charge in [-0.3, -0.25) is 4.57 Å². The monoisotopic (exact) mass is 396 g/mol. The van der Waals surface area contributed by atoms with Crippen molar-refractivity contribution in [1.82, 2.24) is 24.3 Å². The fourth-order valence-electron chi connectivity index (χ4n) is 3.53. The third-order valence-corrected chi connectivity index (χ3v) is 5.12. The van der Waals surface area contributed by atoms with E-state index in [1.807, 2.05) is 27.3 Å². The highest BCUT2D eigenvalue weighted by atomic mass is 35.5. The molecule has 8 nitrogen and oxygen atoms in total. The quantitative estimate of drug-likeness (QED) is 0.495. The molecule has 0 N–H and O–H groups in total. The highest BCUT2D eigenvalue weighted by Crippen LogP contribution is 2.34. The number of methoxy groups -OCH3 is 1. The lowest BCUT2D eigenvalue weighted by Crippen LogP contribution is -2.13. The van der Waals surface area contributed by atoms with Gasteiger partial charge in [-0.25, -0.2) is 9.98 Å². The highest BCUT2D eigenvalue weighted by molar-refractivity contribution is 6.31. The number of nitrogens with zero attached hydrogens (tertiary/aromatic N) is 6. The van der Waals surface area contributed by atoms with E-state index in [-0.39, 0.29) is 6.04 Å². The molecule has 28 heavy (non-hydrogen) atoms. The van der Waals surface area contributed by atoms with Gasteiger partial charge in [0.2, 0.25) is 5.90 Å². The van der Waals surface area contributed by atoms with Crippen molar-refractivity contribution < 1.29 is 9.47 Å². The molecule has 2 aromatic heterocycles. The molecule has 1 aromatic carbocycles. The first-order valence-corrected chi connectivity index (χ1v) is 9.18. The van der Waals surface area contributed by atoms with Gasteiger partial charge in [0.1, 0.15) is 31.3 Å². The number of fused-ring (bicyclic) bond motifs is 5. The molecule has 142 valence electrons. The van der Waals surface area contributed by atoms with Crippen molar-refractivity contribution in [3.8, 4) is 17.1 Å². The van der Waals surface area contributed by atoms with Crippen LogP contribution in [-0.4, -0.2) is 50.0 Å². The van der Waals surface area contributed by atoms with Gasteiger partial charge < -0.3 is 14.0 Å². The Morgan fingerprint density at radius 1 is 1.39 bits per heavy atom. The van der Waals surface area contributed by atoms with Gasteiger partial charge in [0.25, 0.3) is 0 Å². The van der Waals surface area contributed by atoms with Crippen LogP contribution in [0.15, 0.2) is 42.2 Å². The van der Waals surface area contributed by atoms with Crippen molar-refractivity contribution >= 4 is 17.5 Å². The van der Waals surface area contributed by atoms with E-state index in [1.165, 1.54) is 0 Å². The van der Waals surface area contributed by atoms with Gasteiger partial charge in [0, 0.05) is 17.7 Å². The molecule has 1 atom stereocenters. The zero-order chi connectivity index (χ0) is 19.3. The fourth-order valence-corrected chi connectivity index (χ4v) is 3.71. The lowest BCUT2D eigenvalue weighted by Gasteiger charge is -2.09. The first-order valence-electron chi connectivity index (χ1n) is 8.80. The Labute approximate surface area is 166 Å². The van der Waals surface area contributed by atoms with E-state index >= 15 is 0 Å². The third-order valence-electron chi connectivity index (χ3n) is 4.88. The van der Waals surface area contributed by atoms with E-state index in [0.29, 0.717) is 36.4 Å². The molecule has 9 heteroatoms. The first kappa shape index (κ1) is 17.2. The second-order valence-corrected chi connectivity index (χ2v) is 7.02. The maximum Gasteiger partial charge on any atom is 0.238 e. The second kappa shape index (κ2) is 6.57. The Kier molecular flexibility index (Phi) is 4.03. The molecule has 3 aromatic rings. The number of ether oxygens (including phenoxy) is 2. The molecule has 0 saturated heterocycles. The Hall–Kier alpha value is -2.97. The number of aliphatic imine (C=N–C) groups is 1. The van der Waals surface area contributed by atoms with Gasteiger partial charge in [0.05, 0.1) is 17.9 Å². The molecule has 5 rings (SSSR count). The van der Waals surface area contributed by atoms with Crippen LogP contribution < -0.4 is 0 Å². The van der Waals surface area contributed by atoms with Crippen molar-refractivity contribution in [3.05, 3.63) is 59.4 Å². The third kappa shape index (κ3) is 2.56. The van der Waals surface area contributed by atoms with E-state index in [4.69, 9.17) is 21.1 Å². The van der Waals surface area contributed by atoms with Crippen LogP contribution in [0.5, 0.6) is 0 Å². The Morgan fingerprint density at radius 2 is 2.29 bits per heavy atom. The number of benzene rings is 1. The summed E-state index contributed by atoms with van der Waals surface area (Å²) in [6.07, 6.45) is 3.55. The molecule has 0 unspecified atom stereocenters. The Balaban J connectivity index is 1.73. The lowest BCUT2D eigenvalue weighted by molar-refractivity contribution is 0.174. The van der Waals surface area contributed by atoms with Crippen molar-refractivity contribution in [2.45, 2.75) is 19.2 Å². The summed E-state index contributed by atoms with van der Waals surface area (Å²) in [5.41, 5.74) is 3.44. The molecule has 0 spiro atoms. The van der Waals surface area contributed by atoms with Gasteiger partial charge in [0.15, 0.2) is 11.6 Å². The van der Waals surface area contributed by atoms with Crippen LogP contribution in [-0.2, 0) is 22.6 Å². The van der Waals surface area contributed by atoms with Crippen molar-refractivity contribution in [1.29, 1.82) is 0 Å². The normalized spacial score (nSPS) is 17.2. The zero-order valence-corrected chi connectivity index (χ0v) is 15.9. The van der Waals surface area contributed by atoms with Gasteiger partial charge in [-0.1, -0.05) is 17.7 Å². The molecule has 2 aliphatic heterocycles. The predicted octanol–water partition coefficient (Wildman–Crippen LogP) is 2.62. The molecule has 2 aliphatic rings. The average Bonchev–Trinajstić information content (AvgIpc) is 3.40. The van der Waals surface area contributed by atoms with Crippen molar-refractivity contribution in [2.24, 2.45) is 4.99 Å². The average molecular weight is 397 g/mol. The minimum atomic E-state index is -0.0567. The number of aromatic nitrogens is 5. The van der Waals surface area contributed by atoms with Gasteiger partial charge in [-0.05, 0) is 18.2 Å². The SMILES string of the molecule is C=C[C@H]1COC(c2ncn3c2Cn2c(COC)nnc2-c2cc(Cl)ccc2-3)=N1. The maximum absolute atomic E-state index is 6.28. The van der Waals surface area contributed by atoms with E-state index in [1.54, 1.807) is 19.5 Å². The summed E-state index contributed by atoms with van der Waals surface area (Å²) in [4.78, 5) is 9.17. The molecule has 4 heterocycles. The number of hydrogen-bond donors (Lipinski definition) is 0. The largest absolute Gasteiger partial charge is 0.474 e. The number of imidazole rings is 1. The van der Waals surface area contributed by atoms with Gasteiger partial charge in [-0.2, -0.15) is 0 Å². The van der Waals surface area contributed by atoms with Crippen LogP contribution in [0.25, 0.3) is 17.1 Å². The van der Waals surface area contributed by atoms with Crippen LogP contribution in [0.1, 0.15) is 17.2 Å². The second-order valence-electron chi connectivity index (χ2n) is 6.58. The number of hydrogen-bond acceptors (Lipinski definition) is 6. The van der Waals surface area contributed by atoms with Gasteiger partial charge >= 0.3 is 0 Å². The minimum absolute atomic E-state index is 0.0567. The molecule has 0 radical (unpaired) electrons. The Morgan fingerprint density at radius 3 is 3.07 bits per heavy atom. The van der Waals surface area contributed by atoms with E-state index in [9.17, 15) is 0 Å². The van der Waals surface area contributed by atoms with Crippen LogP contribution in [0.2, 0.25) is 5.02 Å². The minimum Gasteiger partial charge on any atom is -0.474 e. The van der Waals surface area contributed by atoms with Crippen LogP contribution in [0.4, 0.5) is 0 Å². The fraction of sp³-hybridized carbons (Fsp3) is 0.263. The summed E-state index contributed by atoms with van der Waals surface area (Å²) in [6.45, 7) is 5.12. The standard InChI is InChI=1S/C19H17ClN6O2/c1-3-12-8-28-19(22-12)17-15-7-25-16(9-27-2)23-24-18(25)13-6-11(20)4-5-14(13)26(15)10-21-17/h3-6,10,12H,1,7-9H2,2H3/t12-/m0/s1. The summed E-state index contributed by atoms with van der Waals surface area (Å²) in [5, 5.41) is 9.33. The Bertz CT molecular complexity index is 1120. The molecule has 0 saturated carbocycles. The van der Waals surface area contributed by atoms with E-state index in [2.05, 4.69) is 26.8 Å². The molecular formula is C19H17ClN6O2. The van der Waals surface area contributed by atoms with Crippen molar-refractivity contribution in [3.63, 3.8) is 0 Å². The first-order chi connectivity index (χ1) is 13.7. The predicted molar refractivity (Wildman–Crippen MR) is 104 cm³/mol. The summed E-state index contributed by atoms with van der Waals surface area (Å²) in [6, 6.07) is 5.64.